The monoisotopic (exact) mass is 212 g/mol. The molecule has 0 spiro atoms. The lowest BCUT2D eigenvalue weighted by atomic mass is 9.93. The molecule has 1 saturated heterocycles. The van der Waals surface area contributed by atoms with Crippen molar-refractivity contribution in [2.24, 2.45) is 0 Å². The zero-order chi connectivity index (χ0) is 11.5. The van der Waals surface area contributed by atoms with Crippen LogP contribution in [-0.4, -0.2) is 35.5 Å². The second kappa shape index (κ2) is 4.97. The van der Waals surface area contributed by atoms with Gasteiger partial charge in [0, 0.05) is 12.1 Å². The number of hydrogen-bond acceptors (Lipinski definition) is 2. The summed E-state index contributed by atoms with van der Waals surface area (Å²) in [5.74, 6) is 0.294. The van der Waals surface area contributed by atoms with Crippen LogP contribution in [0.25, 0.3) is 0 Å². The minimum absolute atomic E-state index is 0.0568. The summed E-state index contributed by atoms with van der Waals surface area (Å²) in [6.07, 6.45) is 3.03. The lowest BCUT2D eigenvalue weighted by Gasteiger charge is -2.37. The van der Waals surface area contributed by atoms with E-state index in [-0.39, 0.29) is 11.6 Å². The quantitative estimate of drug-likeness (QED) is 0.753. The Morgan fingerprint density at radius 1 is 1.40 bits per heavy atom. The van der Waals surface area contributed by atoms with E-state index in [4.69, 9.17) is 0 Å². The van der Waals surface area contributed by atoms with Crippen LogP contribution in [0.3, 0.4) is 0 Å². The van der Waals surface area contributed by atoms with E-state index in [0.717, 1.165) is 32.4 Å². The van der Waals surface area contributed by atoms with Gasteiger partial charge >= 0.3 is 0 Å². The summed E-state index contributed by atoms with van der Waals surface area (Å²) >= 11 is 0. The van der Waals surface area contributed by atoms with Crippen LogP contribution in [0.1, 0.15) is 47.0 Å². The minimum atomic E-state index is 0.0568. The number of amides is 1. The van der Waals surface area contributed by atoms with Crippen LogP contribution in [-0.2, 0) is 4.79 Å². The van der Waals surface area contributed by atoms with E-state index in [2.05, 4.69) is 37.9 Å². The summed E-state index contributed by atoms with van der Waals surface area (Å²) in [5, 5.41) is 3.25. The average Bonchev–Trinajstić information content (AvgIpc) is 2.61. The third-order valence-corrected chi connectivity index (χ3v) is 3.83. The van der Waals surface area contributed by atoms with Crippen LogP contribution >= 0.6 is 0 Å². The van der Waals surface area contributed by atoms with Gasteiger partial charge in [-0.2, -0.15) is 0 Å². The summed E-state index contributed by atoms with van der Waals surface area (Å²) < 4.78 is 0. The van der Waals surface area contributed by atoms with Crippen LogP contribution in [0.2, 0.25) is 0 Å². The molecule has 0 aromatic carbocycles. The van der Waals surface area contributed by atoms with Crippen molar-refractivity contribution < 1.29 is 4.79 Å². The predicted octanol–water partition coefficient (Wildman–Crippen LogP) is 1.78. The molecule has 1 fully saturated rings. The molecular weight excluding hydrogens is 188 g/mol. The van der Waals surface area contributed by atoms with Crippen molar-refractivity contribution in [3.8, 4) is 0 Å². The molecule has 15 heavy (non-hydrogen) atoms. The Morgan fingerprint density at radius 2 is 2.00 bits per heavy atom. The van der Waals surface area contributed by atoms with Crippen molar-refractivity contribution in [3.63, 3.8) is 0 Å². The van der Waals surface area contributed by atoms with Crippen LogP contribution in [0.5, 0.6) is 0 Å². The molecule has 0 radical (unpaired) electrons. The number of nitrogens with one attached hydrogen (secondary N) is 1. The zero-order valence-corrected chi connectivity index (χ0v) is 10.5. The summed E-state index contributed by atoms with van der Waals surface area (Å²) in [6, 6.07) is 0.0624. The van der Waals surface area contributed by atoms with Crippen LogP contribution in [0, 0.1) is 0 Å². The van der Waals surface area contributed by atoms with E-state index in [0.29, 0.717) is 5.91 Å². The number of rotatable bonds is 5. The first-order valence-electron chi connectivity index (χ1n) is 6.14. The predicted molar refractivity (Wildman–Crippen MR) is 62.8 cm³/mol. The number of likely N-dealkylation sites (tertiary alicyclic amines) is 1. The van der Waals surface area contributed by atoms with Crippen molar-refractivity contribution >= 4 is 5.91 Å². The fourth-order valence-electron chi connectivity index (χ4n) is 2.28. The van der Waals surface area contributed by atoms with Gasteiger partial charge in [-0.3, -0.25) is 4.79 Å². The maximum atomic E-state index is 12.1. The summed E-state index contributed by atoms with van der Waals surface area (Å²) in [5.41, 5.74) is 0.0568. The molecule has 0 bridgehead atoms. The molecule has 1 N–H and O–H groups in total. The molecule has 1 aliphatic rings. The van der Waals surface area contributed by atoms with E-state index in [1.807, 2.05) is 0 Å². The minimum Gasteiger partial charge on any atom is -0.336 e. The molecule has 1 amide bonds. The van der Waals surface area contributed by atoms with E-state index in [1.165, 1.54) is 0 Å². The Balaban J connectivity index is 2.70. The molecule has 1 unspecified atom stereocenters. The molecular formula is C12H24N2O. The molecule has 1 aliphatic heterocycles. The highest BCUT2D eigenvalue weighted by molar-refractivity contribution is 5.84. The fraction of sp³-hybridized carbons (Fsp3) is 0.917. The first-order chi connectivity index (χ1) is 7.09. The van der Waals surface area contributed by atoms with Gasteiger partial charge < -0.3 is 10.2 Å². The van der Waals surface area contributed by atoms with Crippen molar-refractivity contribution in [3.05, 3.63) is 0 Å². The number of likely N-dealkylation sites (N-methyl/N-ethyl adjacent to an activating group) is 1. The first-order valence-corrected chi connectivity index (χ1v) is 6.14. The fourth-order valence-corrected chi connectivity index (χ4v) is 2.28. The van der Waals surface area contributed by atoms with Gasteiger partial charge in [0.2, 0.25) is 5.91 Å². The van der Waals surface area contributed by atoms with Crippen molar-refractivity contribution in [2.75, 3.05) is 13.1 Å². The van der Waals surface area contributed by atoms with Gasteiger partial charge in [0.1, 0.15) is 0 Å². The van der Waals surface area contributed by atoms with E-state index in [9.17, 15) is 4.79 Å². The third kappa shape index (κ3) is 2.33. The Bertz CT molecular complexity index is 224. The highest BCUT2D eigenvalue weighted by atomic mass is 16.2. The highest BCUT2D eigenvalue weighted by Gasteiger charge is 2.39. The second-order valence-electron chi connectivity index (χ2n) is 4.59. The van der Waals surface area contributed by atoms with Gasteiger partial charge in [-0.15, -0.1) is 0 Å². The first kappa shape index (κ1) is 12.5. The Kier molecular flexibility index (Phi) is 4.14. The molecule has 0 aliphatic carbocycles. The van der Waals surface area contributed by atoms with Gasteiger partial charge in [0.15, 0.2) is 0 Å². The van der Waals surface area contributed by atoms with Gasteiger partial charge in [0.25, 0.3) is 0 Å². The van der Waals surface area contributed by atoms with E-state index in [1.54, 1.807) is 0 Å². The van der Waals surface area contributed by atoms with Gasteiger partial charge in [-0.05, 0) is 32.7 Å². The number of carbonyl (C=O) groups is 1. The summed E-state index contributed by atoms with van der Waals surface area (Å²) in [7, 11) is 0. The molecule has 88 valence electrons. The molecule has 1 rings (SSSR count). The maximum Gasteiger partial charge on any atom is 0.240 e. The molecule has 1 atom stereocenters. The molecule has 0 aromatic rings. The van der Waals surface area contributed by atoms with Crippen LogP contribution in [0.15, 0.2) is 0 Å². The lowest BCUT2D eigenvalue weighted by Crippen LogP contribution is -2.49. The molecule has 3 nitrogen and oxygen atoms in total. The Morgan fingerprint density at radius 3 is 2.47 bits per heavy atom. The van der Waals surface area contributed by atoms with Crippen molar-refractivity contribution in [2.45, 2.75) is 58.5 Å². The lowest BCUT2D eigenvalue weighted by molar-refractivity contribution is -0.134. The Hall–Kier alpha value is -0.570. The summed E-state index contributed by atoms with van der Waals surface area (Å²) in [6.45, 7) is 10.4. The van der Waals surface area contributed by atoms with Gasteiger partial charge in [-0.1, -0.05) is 20.8 Å². The number of carbonyl (C=O) groups excluding carboxylic acids is 1. The molecule has 0 aromatic heterocycles. The van der Waals surface area contributed by atoms with Crippen molar-refractivity contribution in [1.29, 1.82) is 0 Å². The van der Waals surface area contributed by atoms with Crippen LogP contribution < -0.4 is 5.32 Å². The van der Waals surface area contributed by atoms with Crippen LogP contribution in [0.4, 0.5) is 0 Å². The molecule has 1 heterocycles. The molecule has 3 heteroatoms. The zero-order valence-electron chi connectivity index (χ0n) is 10.5. The van der Waals surface area contributed by atoms with E-state index < -0.39 is 0 Å². The van der Waals surface area contributed by atoms with Gasteiger partial charge in [0.05, 0.1) is 6.04 Å². The maximum absolute atomic E-state index is 12.1. The topological polar surface area (TPSA) is 32.3 Å². The number of hydrogen-bond donors (Lipinski definition) is 1. The smallest absolute Gasteiger partial charge is 0.240 e. The van der Waals surface area contributed by atoms with E-state index >= 15 is 0 Å². The van der Waals surface area contributed by atoms with Gasteiger partial charge in [-0.25, -0.2) is 0 Å². The third-order valence-electron chi connectivity index (χ3n) is 3.83. The normalized spacial score (nSPS) is 22.5. The second-order valence-corrected chi connectivity index (χ2v) is 4.59. The Labute approximate surface area is 93.2 Å². The molecule has 0 saturated carbocycles. The SMILES string of the molecule is CCNC1CCN(C(C)(CC)CC)C1=O. The largest absolute Gasteiger partial charge is 0.336 e. The highest BCUT2D eigenvalue weighted by Crippen LogP contribution is 2.28. The average molecular weight is 212 g/mol. The number of nitrogens with zero attached hydrogens (tertiary/aromatic N) is 1. The standard InChI is InChI=1S/C12H24N2O/c1-5-12(4,6-2)14-9-8-10(11(14)15)13-7-3/h10,13H,5-9H2,1-4H3. The van der Waals surface area contributed by atoms with Crippen molar-refractivity contribution in [1.82, 2.24) is 10.2 Å². The summed E-state index contributed by atoms with van der Waals surface area (Å²) in [4.78, 5) is 14.2.